The zero-order valence-corrected chi connectivity index (χ0v) is 12.6. The second kappa shape index (κ2) is 5.92. The van der Waals surface area contributed by atoms with Gasteiger partial charge in [-0.3, -0.25) is 10.4 Å². The maximum atomic E-state index is 7.55. The Bertz CT molecular complexity index is 484. The Kier molecular flexibility index (Phi) is 4.43. The van der Waals surface area contributed by atoms with Crippen LogP contribution in [0.15, 0.2) is 18.3 Å². The molecule has 0 radical (unpaired) electrons. The van der Waals surface area contributed by atoms with Crippen LogP contribution in [0.25, 0.3) is 0 Å². The number of rotatable bonds is 4. The van der Waals surface area contributed by atoms with Gasteiger partial charge in [-0.15, -0.1) is 0 Å². The Morgan fingerprint density at radius 2 is 2.25 bits per heavy atom. The second-order valence-corrected chi connectivity index (χ2v) is 6.77. The van der Waals surface area contributed by atoms with Gasteiger partial charge in [0, 0.05) is 11.8 Å². The van der Waals surface area contributed by atoms with E-state index in [2.05, 4.69) is 25.8 Å². The average Bonchev–Trinajstić information content (AvgIpc) is 2.34. The molecular weight excluding hydrogens is 250 g/mol. The molecule has 0 aromatic carbocycles. The molecular formula is C16H25N3O. The van der Waals surface area contributed by atoms with Crippen LogP contribution in [0.3, 0.4) is 0 Å². The SMILES string of the molecule is CC1CC(OCc2cccnc2C(=N)N)CC(C)(C)C1. The van der Waals surface area contributed by atoms with Crippen LogP contribution >= 0.6 is 0 Å². The normalized spacial score (nSPS) is 25.4. The number of ether oxygens (including phenoxy) is 1. The minimum absolute atomic E-state index is 0.00143. The lowest BCUT2D eigenvalue weighted by Crippen LogP contribution is -2.32. The summed E-state index contributed by atoms with van der Waals surface area (Å²) in [6, 6.07) is 3.79. The zero-order chi connectivity index (χ0) is 14.8. The fourth-order valence-corrected chi connectivity index (χ4v) is 3.39. The third-order valence-corrected chi connectivity index (χ3v) is 3.97. The molecule has 1 aromatic rings. The summed E-state index contributed by atoms with van der Waals surface area (Å²) in [4.78, 5) is 4.16. The molecule has 110 valence electrons. The summed E-state index contributed by atoms with van der Waals surface area (Å²) in [5, 5.41) is 7.55. The van der Waals surface area contributed by atoms with E-state index in [-0.39, 0.29) is 11.9 Å². The van der Waals surface area contributed by atoms with Crippen molar-refractivity contribution in [1.82, 2.24) is 4.98 Å². The summed E-state index contributed by atoms with van der Waals surface area (Å²) in [5.74, 6) is 0.700. The van der Waals surface area contributed by atoms with E-state index in [0.717, 1.165) is 18.4 Å². The summed E-state index contributed by atoms with van der Waals surface area (Å²) >= 11 is 0. The molecule has 3 N–H and O–H groups in total. The Labute approximate surface area is 121 Å². The molecule has 1 heterocycles. The van der Waals surface area contributed by atoms with Crippen molar-refractivity contribution in [2.24, 2.45) is 17.1 Å². The van der Waals surface area contributed by atoms with Crippen molar-refractivity contribution >= 4 is 5.84 Å². The molecule has 1 aliphatic rings. The van der Waals surface area contributed by atoms with E-state index < -0.39 is 0 Å². The number of nitrogens with zero attached hydrogens (tertiary/aromatic N) is 1. The fraction of sp³-hybridized carbons (Fsp3) is 0.625. The van der Waals surface area contributed by atoms with Gasteiger partial charge < -0.3 is 10.5 Å². The van der Waals surface area contributed by atoms with E-state index >= 15 is 0 Å². The maximum absolute atomic E-state index is 7.55. The number of amidine groups is 1. The van der Waals surface area contributed by atoms with Crippen molar-refractivity contribution in [3.63, 3.8) is 0 Å². The highest BCUT2D eigenvalue weighted by Crippen LogP contribution is 2.39. The van der Waals surface area contributed by atoms with Gasteiger partial charge in [-0.05, 0) is 36.7 Å². The van der Waals surface area contributed by atoms with E-state index in [1.807, 2.05) is 12.1 Å². The first kappa shape index (κ1) is 15.0. The van der Waals surface area contributed by atoms with E-state index in [4.69, 9.17) is 15.9 Å². The maximum Gasteiger partial charge on any atom is 0.142 e. The lowest BCUT2D eigenvalue weighted by molar-refractivity contribution is -0.0317. The van der Waals surface area contributed by atoms with Gasteiger partial charge in [-0.25, -0.2) is 0 Å². The number of nitrogens with one attached hydrogen (secondary N) is 1. The predicted octanol–water partition coefficient (Wildman–Crippen LogP) is 3.10. The summed E-state index contributed by atoms with van der Waals surface area (Å²) in [6.07, 6.45) is 5.41. The Hall–Kier alpha value is -1.42. The van der Waals surface area contributed by atoms with Gasteiger partial charge in [0.1, 0.15) is 11.5 Å². The van der Waals surface area contributed by atoms with Crippen LogP contribution < -0.4 is 5.73 Å². The van der Waals surface area contributed by atoms with Crippen LogP contribution in [0.5, 0.6) is 0 Å². The molecule has 2 unspecified atom stereocenters. The summed E-state index contributed by atoms with van der Waals surface area (Å²) < 4.78 is 6.07. The smallest absolute Gasteiger partial charge is 0.142 e. The monoisotopic (exact) mass is 275 g/mol. The molecule has 0 amide bonds. The molecule has 4 nitrogen and oxygen atoms in total. The molecule has 1 aliphatic carbocycles. The van der Waals surface area contributed by atoms with Crippen LogP contribution in [-0.2, 0) is 11.3 Å². The quantitative estimate of drug-likeness (QED) is 0.655. The highest BCUT2D eigenvalue weighted by atomic mass is 16.5. The molecule has 2 rings (SSSR count). The van der Waals surface area contributed by atoms with Gasteiger partial charge in [0.2, 0.25) is 0 Å². The standard InChI is InChI=1S/C16H25N3O/c1-11-7-13(9-16(2,3)8-11)20-10-12-5-4-6-19-14(12)15(17)18/h4-6,11,13H,7-10H2,1-3H3,(H3,17,18). The third-order valence-electron chi connectivity index (χ3n) is 3.97. The van der Waals surface area contributed by atoms with Crippen LogP contribution in [0.2, 0.25) is 0 Å². The van der Waals surface area contributed by atoms with Gasteiger partial charge in [0.15, 0.2) is 0 Å². The van der Waals surface area contributed by atoms with Gasteiger partial charge in [0.05, 0.1) is 12.7 Å². The molecule has 0 bridgehead atoms. The van der Waals surface area contributed by atoms with Crippen LogP contribution in [0.4, 0.5) is 0 Å². The molecule has 0 aliphatic heterocycles. The van der Waals surface area contributed by atoms with E-state index in [1.54, 1.807) is 6.20 Å². The van der Waals surface area contributed by atoms with Gasteiger partial charge in [-0.1, -0.05) is 26.8 Å². The van der Waals surface area contributed by atoms with Gasteiger partial charge in [-0.2, -0.15) is 0 Å². The minimum Gasteiger partial charge on any atom is -0.382 e. The van der Waals surface area contributed by atoms with E-state index in [0.29, 0.717) is 23.6 Å². The molecule has 1 saturated carbocycles. The van der Waals surface area contributed by atoms with Crippen LogP contribution in [0.1, 0.15) is 51.3 Å². The Morgan fingerprint density at radius 3 is 2.90 bits per heavy atom. The van der Waals surface area contributed by atoms with E-state index in [1.165, 1.54) is 6.42 Å². The van der Waals surface area contributed by atoms with Gasteiger partial charge >= 0.3 is 0 Å². The molecule has 1 aromatic heterocycles. The fourth-order valence-electron chi connectivity index (χ4n) is 3.39. The van der Waals surface area contributed by atoms with Crippen molar-refractivity contribution in [3.8, 4) is 0 Å². The molecule has 0 spiro atoms. The van der Waals surface area contributed by atoms with Crippen molar-refractivity contribution in [3.05, 3.63) is 29.6 Å². The summed E-state index contributed by atoms with van der Waals surface area (Å²) in [5.41, 5.74) is 7.34. The number of hydrogen-bond acceptors (Lipinski definition) is 3. The van der Waals surface area contributed by atoms with Gasteiger partial charge in [0.25, 0.3) is 0 Å². The van der Waals surface area contributed by atoms with Crippen molar-refractivity contribution in [1.29, 1.82) is 5.41 Å². The first-order valence-corrected chi connectivity index (χ1v) is 7.27. The number of nitrogens with two attached hydrogens (primary N) is 1. The highest BCUT2D eigenvalue weighted by molar-refractivity contribution is 5.94. The van der Waals surface area contributed by atoms with Crippen LogP contribution in [-0.4, -0.2) is 16.9 Å². The summed E-state index contributed by atoms with van der Waals surface area (Å²) in [6.45, 7) is 7.40. The average molecular weight is 275 g/mol. The molecule has 20 heavy (non-hydrogen) atoms. The minimum atomic E-state index is 0.00143. The third kappa shape index (κ3) is 3.79. The lowest BCUT2D eigenvalue weighted by Gasteiger charge is -2.38. The number of nitrogen functional groups attached to an aromatic ring is 1. The van der Waals surface area contributed by atoms with E-state index in [9.17, 15) is 0 Å². The van der Waals surface area contributed by atoms with Crippen molar-refractivity contribution < 1.29 is 4.74 Å². The second-order valence-electron chi connectivity index (χ2n) is 6.77. The first-order valence-electron chi connectivity index (χ1n) is 7.27. The number of aromatic nitrogens is 1. The largest absolute Gasteiger partial charge is 0.382 e. The topological polar surface area (TPSA) is 72.0 Å². The molecule has 4 heteroatoms. The summed E-state index contributed by atoms with van der Waals surface area (Å²) in [7, 11) is 0. The Balaban J connectivity index is 2.00. The highest BCUT2D eigenvalue weighted by Gasteiger charge is 2.32. The zero-order valence-electron chi connectivity index (χ0n) is 12.6. The van der Waals surface area contributed by atoms with Crippen molar-refractivity contribution in [2.45, 2.75) is 52.7 Å². The molecule has 0 saturated heterocycles. The molecule has 2 atom stereocenters. The lowest BCUT2D eigenvalue weighted by atomic mass is 9.71. The predicted molar refractivity (Wildman–Crippen MR) is 80.6 cm³/mol. The Morgan fingerprint density at radius 1 is 1.50 bits per heavy atom. The number of pyridine rings is 1. The van der Waals surface area contributed by atoms with Crippen molar-refractivity contribution in [2.75, 3.05) is 0 Å². The molecule has 1 fully saturated rings. The van der Waals surface area contributed by atoms with Crippen LogP contribution in [0, 0.1) is 16.7 Å². The number of hydrogen-bond donors (Lipinski definition) is 2. The first-order chi connectivity index (χ1) is 9.37.